The number of hydrogen-bond acceptors (Lipinski definition) is 4. The fourth-order valence-electron chi connectivity index (χ4n) is 3.49. The lowest BCUT2D eigenvalue weighted by atomic mass is 9.74. The van der Waals surface area contributed by atoms with Gasteiger partial charge in [0.2, 0.25) is 11.8 Å². The third-order valence-electron chi connectivity index (χ3n) is 4.95. The minimum absolute atomic E-state index is 0.550. The molecule has 0 aromatic carbocycles. The summed E-state index contributed by atoms with van der Waals surface area (Å²) in [6, 6.07) is 0.593. The minimum atomic E-state index is 0.550. The van der Waals surface area contributed by atoms with E-state index in [4.69, 9.17) is 4.42 Å². The van der Waals surface area contributed by atoms with Crippen molar-refractivity contribution in [3.8, 4) is 0 Å². The summed E-state index contributed by atoms with van der Waals surface area (Å²) in [4.78, 5) is 0. The zero-order valence-corrected chi connectivity index (χ0v) is 12.9. The molecule has 2 aliphatic rings. The highest BCUT2D eigenvalue weighted by molar-refractivity contribution is 5.00. The van der Waals surface area contributed by atoms with Crippen LogP contribution in [0.1, 0.15) is 70.6 Å². The molecular formula is C16H27N3O. The Bertz CT molecular complexity index is 439. The van der Waals surface area contributed by atoms with E-state index < -0.39 is 0 Å². The van der Waals surface area contributed by atoms with Crippen LogP contribution in [0.5, 0.6) is 0 Å². The number of rotatable bonds is 5. The van der Waals surface area contributed by atoms with Crippen molar-refractivity contribution in [2.24, 2.45) is 17.8 Å². The van der Waals surface area contributed by atoms with Crippen molar-refractivity contribution >= 4 is 0 Å². The van der Waals surface area contributed by atoms with Crippen LogP contribution in [0.3, 0.4) is 0 Å². The summed E-state index contributed by atoms with van der Waals surface area (Å²) in [5.74, 6) is 4.50. The molecule has 0 radical (unpaired) electrons. The van der Waals surface area contributed by atoms with Gasteiger partial charge < -0.3 is 9.73 Å². The quantitative estimate of drug-likeness (QED) is 0.895. The molecule has 4 nitrogen and oxygen atoms in total. The SMILES string of the molecule is CC(C)[C@H]1CC[C@@H](C)C[C@H]1NCc1nnc(C2CC2)o1. The van der Waals surface area contributed by atoms with Gasteiger partial charge in [-0.3, -0.25) is 0 Å². The van der Waals surface area contributed by atoms with Gasteiger partial charge in [0.15, 0.2) is 0 Å². The van der Waals surface area contributed by atoms with Crippen LogP contribution in [-0.2, 0) is 6.54 Å². The third kappa shape index (κ3) is 3.22. The summed E-state index contributed by atoms with van der Waals surface area (Å²) in [7, 11) is 0. The van der Waals surface area contributed by atoms with E-state index in [0.29, 0.717) is 12.0 Å². The van der Waals surface area contributed by atoms with E-state index in [0.717, 1.165) is 36.1 Å². The Hall–Kier alpha value is -0.900. The van der Waals surface area contributed by atoms with Crippen molar-refractivity contribution in [1.82, 2.24) is 15.5 Å². The maximum Gasteiger partial charge on any atom is 0.230 e. The first-order valence-corrected chi connectivity index (χ1v) is 8.19. The Balaban J connectivity index is 1.56. The van der Waals surface area contributed by atoms with Gasteiger partial charge in [-0.1, -0.05) is 27.2 Å². The summed E-state index contributed by atoms with van der Waals surface area (Å²) in [5, 5.41) is 12.0. The van der Waals surface area contributed by atoms with Crippen molar-refractivity contribution in [2.75, 3.05) is 0 Å². The highest BCUT2D eigenvalue weighted by Crippen LogP contribution is 2.39. The molecule has 0 unspecified atom stereocenters. The van der Waals surface area contributed by atoms with Crippen LogP contribution in [0.15, 0.2) is 4.42 Å². The topological polar surface area (TPSA) is 51.0 Å². The lowest BCUT2D eigenvalue weighted by Crippen LogP contribution is -2.42. The Morgan fingerprint density at radius 1 is 1.20 bits per heavy atom. The van der Waals surface area contributed by atoms with Crippen molar-refractivity contribution in [3.05, 3.63) is 11.8 Å². The summed E-state index contributed by atoms with van der Waals surface area (Å²) < 4.78 is 5.74. The molecule has 2 fully saturated rings. The Morgan fingerprint density at radius 2 is 2.00 bits per heavy atom. The minimum Gasteiger partial charge on any atom is -0.424 e. The number of aromatic nitrogens is 2. The predicted molar refractivity (Wildman–Crippen MR) is 78.2 cm³/mol. The van der Waals surface area contributed by atoms with Crippen LogP contribution in [0.4, 0.5) is 0 Å². The van der Waals surface area contributed by atoms with Crippen molar-refractivity contribution < 1.29 is 4.42 Å². The lowest BCUT2D eigenvalue weighted by Gasteiger charge is -2.37. The Labute approximate surface area is 121 Å². The highest BCUT2D eigenvalue weighted by Gasteiger charge is 2.31. The average Bonchev–Trinajstić information content (AvgIpc) is 3.15. The van der Waals surface area contributed by atoms with Crippen molar-refractivity contribution in [2.45, 2.75) is 71.4 Å². The van der Waals surface area contributed by atoms with Crippen LogP contribution in [0, 0.1) is 17.8 Å². The predicted octanol–water partition coefficient (Wildman–Crippen LogP) is 3.50. The first-order valence-electron chi connectivity index (χ1n) is 8.19. The molecule has 0 spiro atoms. The molecule has 0 saturated heterocycles. The van der Waals surface area contributed by atoms with Crippen LogP contribution < -0.4 is 5.32 Å². The van der Waals surface area contributed by atoms with Gasteiger partial charge in [-0.2, -0.15) is 0 Å². The molecule has 0 aliphatic heterocycles. The molecule has 4 heteroatoms. The summed E-state index contributed by atoms with van der Waals surface area (Å²) >= 11 is 0. The van der Waals surface area contributed by atoms with Gasteiger partial charge in [0.1, 0.15) is 0 Å². The fourth-order valence-corrected chi connectivity index (χ4v) is 3.49. The van der Waals surface area contributed by atoms with Gasteiger partial charge in [-0.15, -0.1) is 10.2 Å². The lowest BCUT2D eigenvalue weighted by molar-refractivity contribution is 0.166. The van der Waals surface area contributed by atoms with Gasteiger partial charge in [-0.25, -0.2) is 0 Å². The van der Waals surface area contributed by atoms with Gasteiger partial charge >= 0.3 is 0 Å². The van der Waals surface area contributed by atoms with Gasteiger partial charge in [0.05, 0.1) is 6.54 Å². The molecule has 3 rings (SSSR count). The van der Waals surface area contributed by atoms with Crippen LogP contribution in [0.2, 0.25) is 0 Å². The molecule has 112 valence electrons. The first-order chi connectivity index (χ1) is 9.63. The van der Waals surface area contributed by atoms with E-state index in [1.807, 2.05) is 0 Å². The van der Waals surface area contributed by atoms with E-state index in [-0.39, 0.29) is 0 Å². The van der Waals surface area contributed by atoms with Crippen LogP contribution in [-0.4, -0.2) is 16.2 Å². The van der Waals surface area contributed by atoms with Gasteiger partial charge in [-0.05, 0) is 43.4 Å². The number of nitrogens with one attached hydrogen (secondary N) is 1. The second-order valence-electron chi connectivity index (χ2n) is 7.12. The number of hydrogen-bond donors (Lipinski definition) is 1. The first kappa shape index (κ1) is 14.1. The average molecular weight is 277 g/mol. The second kappa shape index (κ2) is 5.84. The molecule has 1 aromatic rings. The standard InChI is InChI=1S/C16H27N3O/c1-10(2)13-7-4-11(3)8-14(13)17-9-15-18-19-16(20-15)12-5-6-12/h10-14,17H,4-9H2,1-3H3/t11-,13-,14-/m1/s1. The zero-order valence-electron chi connectivity index (χ0n) is 12.9. The molecular weight excluding hydrogens is 250 g/mol. The highest BCUT2D eigenvalue weighted by atomic mass is 16.4. The molecule has 0 amide bonds. The molecule has 1 N–H and O–H groups in total. The molecule has 0 bridgehead atoms. The second-order valence-corrected chi connectivity index (χ2v) is 7.12. The van der Waals surface area contributed by atoms with Gasteiger partial charge in [0.25, 0.3) is 0 Å². The smallest absolute Gasteiger partial charge is 0.230 e. The molecule has 3 atom stereocenters. The molecule has 2 aliphatic carbocycles. The molecule has 20 heavy (non-hydrogen) atoms. The Morgan fingerprint density at radius 3 is 2.70 bits per heavy atom. The van der Waals surface area contributed by atoms with Gasteiger partial charge in [0, 0.05) is 12.0 Å². The molecule has 1 heterocycles. The maximum atomic E-state index is 5.74. The van der Waals surface area contributed by atoms with E-state index in [1.54, 1.807) is 0 Å². The fraction of sp³-hybridized carbons (Fsp3) is 0.875. The zero-order chi connectivity index (χ0) is 14.1. The van der Waals surface area contributed by atoms with Crippen LogP contribution >= 0.6 is 0 Å². The van der Waals surface area contributed by atoms with E-state index >= 15 is 0 Å². The van der Waals surface area contributed by atoms with Crippen molar-refractivity contribution in [3.63, 3.8) is 0 Å². The third-order valence-corrected chi connectivity index (χ3v) is 4.95. The maximum absolute atomic E-state index is 5.74. The molecule has 2 saturated carbocycles. The normalized spacial score (nSPS) is 30.9. The summed E-state index contributed by atoms with van der Waals surface area (Å²) in [6.07, 6.45) is 6.41. The monoisotopic (exact) mass is 277 g/mol. The van der Waals surface area contributed by atoms with Crippen molar-refractivity contribution in [1.29, 1.82) is 0 Å². The van der Waals surface area contributed by atoms with E-state index in [1.165, 1.54) is 32.1 Å². The molecule has 1 aromatic heterocycles. The van der Waals surface area contributed by atoms with E-state index in [9.17, 15) is 0 Å². The van der Waals surface area contributed by atoms with E-state index in [2.05, 4.69) is 36.3 Å². The number of nitrogens with zero attached hydrogens (tertiary/aromatic N) is 2. The summed E-state index contributed by atoms with van der Waals surface area (Å²) in [6.45, 7) is 7.77. The van der Waals surface area contributed by atoms with Crippen LogP contribution in [0.25, 0.3) is 0 Å². The Kier molecular flexibility index (Phi) is 4.11. The summed E-state index contributed by atoms with van der Waals surface area (Å²) in [5.41, 5.74) is 0. The largest absolute Gasteiger partial charge is 0.424 e.